The molecule has 0 amide bonds. The maximum atomic E-state index is 11.3. The van der Waals surface area contributed by atoms with Crippen molar-refractivity contribution in [1.29, 1.82) is 0 Å². The van der Waals surface area contributed by atoms with Gasteiger partial charge in [-0.2, -0.15) is 0 Å². The number of esters is 2. The zero-order valence-corrected chi connectivity index (χ0v) is 13.5. The summed E-state index contributed by atoms with van der Waals surface area (Å²) in [7, 11) is 0. The predicted molar refractivity (Wildman–Crippen MR) is 81.9 cm³/mol. The number of hydrogen-bond donors (Lipinski definition) is 1. The Morgan fingerprint density at radius 3 is 2.46 bits per heavy atom. The molecular formula is C17H20O7. The van der Waals surface area contributed by atoms with Gasteiger partial charge in [-0.15, -0.1) is 0 Å². The van der Waals surface area contributed by atoms with Crippen LogP contribution < -0.4 is 0 Å². The molecule has 0 bridgehead atoms. The molecule has 0 saturated carbocycles. The van der Waals surface area contributed by atoms with E-state index in [9.17, 15) is 19.5 Å². The summed E-state index contributed by atoms with van der Waals surface area (Å²) in [4.78, 5) is 33.7. The molecule has 1 heterocycles. The molecule has 5 atom stereocenters. The van der Waals surface area contributed by atoms with Crippen molar-refractivity contribution in [3.05, 3.63) is 35.9 Å². The minimum atomic E-state index is -1.29. The van der Waals surface area contributed by atoms with Crippen molar-refractivity contribution >= 4 is 18.2 Å². The molecule has 1 fully saturated rings. The first-order chi connectivity index (χ1) is 11.4. The van der Waals surface area contributed by atoms with Gasteiger partial charge in [-0.1, -0.05) is 30.3 Å². The van der Waals surface area contributed by atoms with E-state index in [0.29, 0.717) is 6.29 Å². The monoisotopic (exact) mass is 336 g/mol. The largest absolute Gasteiger partial charge is 0.460 e. The first-order valence-corrected chi connectivity index (χ1v) is 7.60. The Hall–Kier alpha value is -2.25. The van der Waals surface area contributed by atoms with E-state index < -0.39 is 42.5 Å². The first-order valence-electron chi connectivity index (χ1n) is 7.60. The molecule has 2 rings (SSSR count). The fourth-order valence-corrected chi connectivity index (χ4v) is 2.74. The third-order valence-corrected chi connectivity index (χ3v) is 3.73. The number of carbonyl (C=O) groups is 3. The highest BCUT2D eigenvalue weighted by Gasteiger charge is 2.45. The van der Waals surface area contributed by atoms with Gasteiger partial charge in [-0.25, -0.2) is 0 Å². The Morgan fingerprint density at radius 1 is 1.25 bits per heavy atom. The Labute approximate surface area is 139 Å². The van der Waals surface area contributed by atoms with Crippen LogP contribution in [-0.2, 0) is 28.6 Å². The van der Waals surface area contributed by atoms with Crippen molar-refractivity contribution in [2.24, 2.45) is 0 Å². The number of rotatable bonds is 5. The van der Waals surface area contributed by atoms with Gasteiger partial charge in [0.25, 0.3) is 0 Å². The van der Waals surface area contributed by atoms with Gasteiger partial charge in [0.05, 0.1) is 6.10 Å². The molecule has 1 aliphatic rings. The van der Waals surface area contributed by atoms with E-state index >= 15 is 0 Å². The lowest BCUT2D eigenvalue weighted by Crippen LogP contribution is -2.53. The highest BCUT2D eigenvalue weighted by molar-refractivity contribution is 5.70. The number of aliphatic hydroxyl groups excluding tert-OH is 1. The van der Waals surface area contributed by atoms with Gasteiger partial charge in [0.1, 0.15) is 18.3 Å². The van der Waals surface area contributed by atoms with Crippen LogP contribution in [-0.4, -0.2) is 47.7 Å². The van der Waals surface area contributed by atoms with E-state index in [2.05, 4.69) is 0 Å². The molecule has 0 aliphatic carbocycles. The molecular weight excluding hydrogens is 316 g/mol. The summed E-state index contributed by atoms with van der Waals surface area (Å²) in [6.45, 7) is 2.39. The van der Waals surface area contributed by atoms with Crippen molar-refractivity contribution in [2.45, 2.75) is 50.8 Å². The maximum absolute atomic E-state index is 11.3. The second-order valence-electron chi connectivity index (χ2n) is 5.58. The highest BCUT2D eigenvalue weighted by Crippen LogP contribution is 2.34. The van der Waals surface area contributed by atoms with E-state index in [-0.39, 0.29) is 6.42 Å². The van der Waals surface area contributed by atoms with Crippen molar-refractivity contribution in [2.75, 3.05) is 0 Å². The summed E-state index contributed by atoms with van der Waals surface area (Å²) >= 11 is 0. The van der Waals surface area contributed by atoms with Crippen LogP contribution >= 0.6 is 0 Å². The standard InChI is InChI=1S/C17H20O7/c1-10(19)22-14-8-13(12-6-4-3-5-7-12)24-17(16(14)21)15(9-18)23-11(2)20/h3-7,9,13-17,21H,8H2,1-2H3/t13-,14+,15-,16+,17-/m0/s1. The van der Waals surface area contributed by atoms with Crippen LogP contribution in [0, 0.1) is 0 Å². The lowest BCUT2D eigenvalue weighted by molar-refractivity contribution is -0.216. The molecule has 0 spiro atoms. The average molecular weight is 336 g/mol. The molecule has 1 aromatic carbocycles. The highest BCUT2D eigenvalue weighted by atomic mass is 16.6. The van der Waals surface area contributed by atoms with E-state index in [1.54, 1.807) is 0 Å². The number of aldehydes is 1. The normalized spacial score (nSPS) is 27.8. The van der Waals surface area contributed by atoms with Crippen molar-refractivity contribution in [3.8, 4) is 0 Å². The third-order valence-electron chi connectivity index (χ3n) is 3.73. The number of aliphatic hydroxyl groups is 1. The fraction of sp³-hybridized carbons (Fsp3) is 0.471. The quantitative estimate of drug-likeness (QED) is 0.631. The molecule has 0 aromatic heterocycles. The Balaban J connectivity index is 2.28. The predicted octanol–water partition coefficient (Wildman–Crippen LogP) is 0.940. The smallest absolute Gasteiger partial charge is 0.303 e. The average Bonchev–Trinajstić information content (AvgIpc) is 2.55. The van der Waals surface area contributed by atoms with Gasteiger partial charge >= 0.3 is 11.9 Å². The van der Waals surface area contributed by atoms with Gasteiger partial charge in [0.15, 0.2) is 12.4 Å². The number of carbonyl (C=O) groups excluding carboxylic acids is 3. The second kappa shape index (κ2) is 8.03. The van der Waals surface area contributed by atoms with Crippen LogP contribution in [0.15, 0.2) is 30.3 Å². The van der Waals surface area contributed by atoms with Crippen LogP contribution in [0.3, 0.4) is 0 Å². The van der Waals surface area contributed by atoms with Crippen LogP contribution in [0.1, 0.15) is 31.9 Å². The third kappa shape index (κ3) is 4.39. The summed E-state index contributed by atoms with van der Waals surface area (Å²) in [6.07, 6.45) is -4.47. The van der Waals surface area contributed by atoms with Gasteiger partial charge in [0, 0.05) is 20.3 Å². The summed E-state index contributed by atoms with van der Waals surface area (Å²) in [5, 5.41) is 10.4. The molecule has 1 aliphatic heterocycles. The molecule has 1 N–H and O–H groups in total. The van der Waals surface area contributed by atoms with E-state index in [1.807, 2.05) is 30.3 Å². The SMILES string of the molecule is CC(=O)O[C@@H](C=O)[C@@H]1O[C@H](c2ccccc2)C[C@@H](OC(C)=O)[C@H]1O. The van der Waals surface area contributed by atoms with E-state index in [1.165, 1.54) is 6.92 Å². The zero-order chi connectivity index (χ0) is 17.7. The summed E-state index contributed by atoms with van der Waals surface area (Å²) in [5.74, 6) is -1.23. The Kier molecular flexibility index (Phi) is 6.05. The minimum Gasteiger partial charge on any atom is -0.460 e. The lowest BCUT2D eigenvalue weighted by Gasteiger charge is -2.40. The van der Waals surface area contributed by atoms with Crippen molar-refractivity contribution < 1.29 is 33.7 Å². The second-order valence-corrected chi connectivity index (χ2v) is 5.58. The Bertz CT molecular complexity index is 586. The molecule has 130 valence electrons. The van der Waals surface area contributed by atoms with Gasteiger partial charge in [-0.3, -0.25) is 14.4 Å². The maximum Gasteiger partial charge on any atom is 0.303 e. The molecule has 1 aromatic rings. The van der Waals surface area contributed by atoms with E-state index in [4.69, 9.17) is 14.2 Å². The number of benzene rings is 1. The van der Waals surface area contributed by atoms with E-state index in [0.717, 1.165) is 12.5 Å². The summed E-state index contributed by atoms with van der Waals surface area (Å²) < 4.78 is 15.9. The van der Waals surface area contributed by atoms with Crippen LogP contribution in [0.4, 0.5) is 0 Å². The molecule has 1 saturated heterocycles. The van der Waals surface area contributed by atoms with Gasteiger partial charge < -0.3 is 19.3 Å². The zero-order valence-electron chi connectivity index (χ0n) is 13.5. The van der Waals surface area contributed by atoms with Gasteiger partial charge in [-0.05, 0) is 5.56 Å². The number of ether oxygens (including phenoxy) is 3. The summed E-state index contributed by atoms with van der Waals surface area (Å²) in [6, 6.07) is 9.14. The molecule has 7 nitrogen and oxygen atoms in total. The van der Waals surface area contributed by atoms with Crippen molar-refractivity contribution in [3.63, 3.8) is 0 Å². The van der Waals surface area contributed by atoms with Crippen molar-refractivity contribution in [1.82, 2.24) is 0 Å². The number of hydrogen-bond acceptors (Lipinski definition) is 7. The minimum absolute atomic E-state index is 0.229. The lowest BCUT2D eigenvalue weighted by atomic mass is 9.91. The topological polar surface area (TPSA) is 99.1 Å². The first kappa shape index (κ1) is 18.1. The van der Waals surface area contributed by atoms with Crippen LogP contribution in [0.2, 0.25) is 0 Å². The van der Waals surface area contributed by atoms with Crippen LogP contribution in [0.5, 0.6) is 0 Å². The Morgan fingerprint density at radius 2 is 1.92 bits per heavy atom. The fourth-order valence-electron chi connectivity index (χ4n) is 2.74. The molecule has 0 radical (unpaired) electrons. The molecule has 24 heavy (non-hydrogen) atoms. The van der Waals surface area contributed by atoms with Crippen LogP contribution in [0.25, 0.3) is 0 Å². The van der Waals surface area contributed by atoms with Gasteiger partial charge in [0.2, 0.25) is 0 Å². The molecule has 7 heteroatoms. The summed E-state index contributed by atoms with van der Waals surface area (Å²) in [5.41, 5.74) is 0.805. The molecule has 0 unspecified atom stereocenters.